The molecule has 4 aliphatic carbocycles. The maximum absolute atomic E-state index is 13.4. The number of halogens is 1. The summed E-state index contributed by atoms with van der Waals surface area (Å²) in [6.07, 6.45) is 7.30. The first kappa shape index (κ1) is 18.6. The van der Waals surface area contributed by atoms with Crippen molar-refractivity contribution in [2.75, 3.05) is 32.8 Å². The van der Waals surface area contributed by atoms with Gasteiger partial charge in [-0.1, -0.05) is 12.1 Å². The van der Waals surface area contributed by atoms with Gasteiger partial charge in [-0.25, -0.2) is 4.39 Å². The van der Waals surface area contributed by atoms with Crippen LogP contribution in [0.1, 0.15) is 50.1 Å². The van der Waals surface area contributed by atoms with Gasteiger partial charge in [0.2, 0.25) is 5.91 Å². The molecule has 1 aromatic carbocycles. The minimum atomic E-state index is -0.220. The normalized spacial score (nSPS) is 35.7. The van der Waals surface area contributed by atoms with Crippen molar-refractivity contribution < 1.29 is 13.9 Å². The molecule has 4 nitrogen and oxygen atoms in total. The minimum absolute atomic E-state index is 0.0716. The minimum Gasteiger partial charge on any atom is -0.379 e. The van der Waals surface area contributed by atoms with Crippen molar-refractivity contribution in [1.82, 2.24) is 10.2 Å². The first-order valence-electron chi connectivity index (χ1n) is 11.0. The summed E-state index contributed by atoms with van der Waals surface area (Å²) in [7, 11) is 0. The van der Waals surface area contributed by atoms with Crippen molar-refractivity contribution in [3.05, 3.63) is 35.6 Å². The van der Waals surface area contributed by atoms with Gasteiger partial charge in [-0.05, 0) is 74.0 Å². The number of nitrogens with one attached hydrogen (secondary N) is 1. The van der Waals surface area contributed by atoms with Crippen LogP contribution in [0.15, 0.2) is 24.3 Å². The van der Waals surface area contributed by atoms with Crippen LogP contribution in [0.5, 0.6) is 0 Å². The third kappa shape index (κ3) is 3.48. The van der Waals surface area contributed by atoms with Gasteiger partial charge in [-0.2, -0.15) is 0 Å². The molecule has 152 valence electrons. The molecule has 0 radical (unpaired) electrons. The summed E-state index contributed by atoms with van der Waals surface area (Å²) in [5.74, 6) is 2.35. The number of carbonyl (C=O) groups is 1. The molecule has 0 unspecified atom stereocenters. The van der Waals surface area contributed by atoms with Crippen LogP contribution in [-0.4, -0.2) is 43.7 Å². The topological polar surface area (TPSA) is 41.6 Å². The van der Waals surface area contributed by atoms with E-state index < -0.39 is 0 Å². The molecule has 1 saturated heterocycles. The first-order chi connectivity index (χ1) is 13.6. The molecule has 1 atom stereocenters. The van der Waals surface area contributed by atoms with Crippen LogP contribution in [0, 0.1) is 29.0 Å². The molecular weight excluding hydrogens is 355 g/mol. The molecule has 0 aromatic heterocycles. The van der Waals surface area contributed by atoms with E-state index in [1.165, 1.54) is 31.4 Å². The fourth-order valence-corrected chi connectivity index (χ4v) is 6.80. The van der Waals surface area contributed by atoms with E-state index in [1.807, 2.05) is 12.1 Å². The maximum atomic E-state index is 13.4. The summed E-state index contributed by atoms with van der Waals surface area (Å²) in [6, 6.07) is 6.81. The van der Waals surface area contributed by atoms with Crippen LogP contribution in [-0.2, 0) is 9.53 Å². The van der Waals surface area contributed by atoms with Crippen LogP contribution in [0.2, 0.25) is 0 Å². The first-order valence-corrected chi connectivity index (χ1v) is 11.0. The van der Waals surface area contributed by atoms with Crippen LogP contribution in [0.3, 0.4) is 0 Å². The monoisotopic (exact) mass is 386 g/mol. The van der Waals surface area contributed by atoms with E-state index in [4.69, 9.17) is 4.74 Å². The van der Waals surface area contributed by atoms with Crippen LogP contribution in [0.4, 0.5) is 4.39 Å². The Balaban J connectivity index is 1.30. The second kappa shape index (κ2) is 7.42. The number of benzene rings is 1. The van der Waals surface area contributed by atoms with Gasteiger partial charge in [0.15, 0.2) is 0 Å². The number of hydrogen-bond acceptors (Lipinski definition) is 3. The summed E-state index contributed by atoms with van der Waals surface area (Å²) < 4.78 is 18.9. The Labute approximate surface area is 166 Å². The van der Waals surface area contributed by atoms with E-state index in [2.05, 4.69) is 10.2 Å². The summed E-state index contributed by atoms with van der Waals surface area (Å²) in [5.41, 5.74) is 0.946. The van der Waals surface area contributed by atoms with E-state index in [-0.39, 0.29) is 23.2 Å². The van der Waals surface area contributed by atoms with Crippen molar-refractivity contribution >= 4 is 5.91 Å². The molecule has 28 heavy (non-hydrogen) atoms. The average molecular weight is 387 g/mol. The number of morpholine rings is 1. The Hall–Kier alpha value is -1.46. The SMILES string of the molecule is O=C(NC[C@H](c1ccc(F)cc1)N1CCOCC1)C12CC3CC(CC(C3)C1)C2. The number of nitrogens with zero attached hydrogens (tertiary/aromatic N) is 1. The van der Waals surface area contributed by atoms with E-state index in [9.17, 15) is 9.18 Å². The van der Waals surface area contributed by atoms with Crippen LogP contribution < -0.4 is 5.32 Å². The van der Waals surface area contributed by atoms with Crippen molar-refractivity contribution in [2.45, 2.75) is 44.6 Å². The quantitative estimate of drug-likeness (QED) is 0.842. The van der Waals surface area contributed by atoms with E-state index >= 15 is 0 Å². The third-order valence-electron chi connectivity index (χ3n) is 7.72. The summed E-state index contributed by atoms with van der Waals surface area (Å²) in [4.78, 5) is 15.7. The Morgan fingerprint density at radius 2 is 1.64 bits per heavy atom. The molecule has 1 amide bonds. The molecule has 5 fully saturated rings. The molecule has 4 saturated carbocycles. The zero-order chi connectivity index (χ0) is 19.1. The van der Waals surface area contributed by atoms with Gasteiger partial charge in [-0.3, -0.25) is 9.69 Å². The number of rotatable bonds is 5. The number of hydrogen-bond donors (Lipinski definition) is 1. The molecule has 0 spiro atoms. The molecule has 5 aliphatic rings. The molecule has 1 aromatic rings. The fourth-order valence-electron chi connectivity index (χ4n) is 6.80. The standard InChI is InChI=1S/C23H31FN2O2/c24-20-3-1-19(2-4-20)21(26-5-7-28-8-6-26)15-25-22(27)23-12-16-9-17(13-23)11-18(10-16)14-23/h1-4,16-18,21H,5-15H2,(H,25,27)/t16?,17?,18?,21-,23?/m1/s1. The van der Waals surface area contributed by atoms with Crippen molar-refractivity contribution in [3.8, 4) is 0 Å². The van der Waals surface area contributed by atoms with Crippen molar-refractivity contribution in [1.29, 1.82) is 0 Å². The van der Waals surface area contributed by atoms with Crippen LogP contribution >= 0.6 is 0 Å². The lowest BCUT2D eigenvalue weighted by molar-refractivity contribution is -0.146. The Morgan fingerprint density at radius 1 is 1.07 bits per heavy atom. The molecular formula is C23H31FN2O2. The third-order valence-corrected chi connectivity index (χ3v) is 7.72. The predicted molar refractivity (Wildman–Crippen MR) is 105 cm³/mol. The summed E-state index contributed by atoms with van der Waals surface area (Å²) in [6.45, 7) is 3.69. The highest BCUT2D eigenvalue weighted by Crippen LogP contribution is 2.60. The largest absolute Gasteiger partial charge is 0.379 e. The highest BCUT2D eigenvalue weighted by molar-refractivity contribution is 5.83. The van der Waals surface area contributed by atoms with E-state index in [1.54, 1.807) is 0 Å². The highest BCUT2D eigenvalue weighted by atomic mass is 19.1. The molecule has 5 heteroatoms. The van der Waals surface area contributed by atoms with Gasteiger partial charge in [0.05, 0.1) is 19.3 Å². The summed E-state index contributed by atoms with van der Waals surface area (Å²) >= 11 is 0. The zero-order valence-corrected chi connectivity index (χ0v) is 16.5. The Bertz CT molecular complexity index is 679. The number of carbonyl (C=O) groups excluding carboxylic acids is 1. The molecule has 4 bridgehead atoms. The Kier molecular flexibility index (Phi) is 4.92. The lowest BCUT2D eigenvalue weighted by atomic mass is 9.49. The van der Waals surface area contributed by atoms with Gasteiger partial charge >= 0.3 is 0 Å². The molecule has 1 heterocycles. The Morgan fingerprint density at radius 3 is 2.21 bits per heavy atom. The average Bonchev–Trinajstić information content (AvgIpc) is 2.69. The van der Waals surface area contributed by atoms with Gasteiger partial charge in [-0.15, -0.1) is 0 Å². The van der Waals surface area contributed by atoms with Gasteiger partial charge < -0.3 is 10.1 Å². The molecule has 6 rings (SSSR count). The van der Waals surface area contributed by atoms with Gasteiger partial charge in [0, 0.05) is 25.0 Å². The maximum Gasteiger partial charge on any atom is 0.226 e. The summed E-state index contributed by atoms with van der Waals surface area (Å²) in [5, 5.41) is 3.34. The van der Waals surface area contributed by atoms with Gasteiger partial charge in [0.25, 0.3) is 0 Å². The van der Waals surface area contributed by atoms with Crippen LogP contribution in [0.25, 0.3) is 0 Å². The van der Waals surface area contributed by atoms with Crippen molar-refractivity contribution in [3.63, 3.8) is 0 Å². The number of ether oxygens (including phenoxy) is 1. The zero-order valence-electron chi connectivity index (χ0n) is 16.5. The van der Waals surface area contributed by atoms with Crippen molar-refractivity contribution in [2.24, 2.45) is 23.2 Å². The lowest BCUT2D eigenvalue weighted by Crippen LogP contribution is -2.54. The number of amides is 1. The highest BCUT2D eigenvalue weighted by Gasteiger charge is 2.54. The molecule has 1 N–H and O–H groups in total. The lowest BCUT2D eigenvalue weighted by Gasteiger charge is -2.55. The van der Waals surface area contributed by atoms with E-state index in [0.29, 0.717) is 19.8 Å². The second-order valence-corrected chi connectivity index (χ2v) is 9.62. The molecule has 1 aliphatic heterocycles. The smallest absolute Gasteiger partial charge is 0.226 e. The van der Waals surface area contributed by atoms with E-state index in [0.717, 1.165) is 55.7 Å². The second-order valence-electron chi connectivity index (χ2n) is 9.62. The predicted octanol–water partition coefficient (Wildman–Crippen LogP) is 3.53. The van der Waals surface area contributed by atoms with Gasteiger partial charge in [0.1, 0.15) is 5.82 Å². The fraction of sp³-hybridized carbons (Fsp3) is 0.696.